The Morgan fingerprint density at radius 2 is 2.10 bits per heavy atom. The standard InChI is InChI=1S/C15H18N2O3/c1-3-15(2,9-13(18)19)17-14(20)11-5-4-10-6-7-16-12(10)8-11/h4-8,16H,3,9H2,1-2H3,(H,17,20)(H,18,19)/t15-/m1/s1. The van der Waals surface area contributed by atoms with Gasteiger partial charge in [-0.2, -0.15) is 0 Å². The van der Waals surface area contributed by atoms with Crippen LogP contribution in [0.3, 0.4) is 0 Å². The largest absolute Gasteiger partial charge is 0.481 e. The van der Waals surface area contributed by atoms with Crippen molar-refractivity contribution in [3.05, 3.63) is 36.0 Å². The van der Waals surface area contributed by atoms with Crippen LogP contribution in [-0.2, 0) is 4.79 Å². The maximum Gasteiger partial charge on any atom is 0.305 e. The fourth-order valence-electron chi connectivity index (χ4n) is 2.13. The number of carbonyl (C=O) groups is 2. The minimum Gasteiger partial charge on any atom is -0.481 e. The molecule has 1 heterocycles. The second-order valence-electron chi connectivity index (χ2n) is 5.22. The van der Waals surface area contributed by atoms with Crippen LogP contribution in [0.5, 0.6) is 0 Å². The van der Waals surface area contributed by atoms with Gasteiger partial charge in [0.15, 0.2) is 0 Å². The highest BCUT2D eigenvalue weighted by atomic mass is 16.4. The highest BCUT2D eigenvalue weighted by Gasteiger charge is 2.27. The van der Waals surface area contributed by atoms with E-state index in [9.17, 15) is 9.59 Å². The maximum absolute atomic E-state index is 12.2. The Hall–Kier alpha value is -2.30. The lowest BCUT2D eigenvalue weighted by molar-refractivity contribution is -0.138. The summed E-state index contributed by atoms with van der Waals surface area (Å²) >= 11 is 0. The van der Waals surface area contributed by atoms with Crippen LogP contribution in [0.15, 0.2) is 30.5 Å². The summed E-state index contributed by atoms with van der Waals surface area (Å²) in [4.78, 5) is 26.2. The fraction of sp³-hybridized carbons (Fsp3) is 0.333. The van der Waals surface area contributed by atoms with E-state index < -0.39 is 11.5 Å². The zero-order valence-electron chi connectivity index (χ0n) is 11.6. The third-order valence-electron chi connectivity index (χ3n) is 3.55. The minimum absolute atomic E-state index is 0.0972. The molecule has 106 valence electrons. The Kier molecular flexibility index (Phi) is 3.79. The third kappa shape index (κ3) is 2.99. The van der Waals surface area contributed by atoms with Crippen molar-refractivity contribution in [3.8, 4) is 0 Å². The number of H-pyrrole nitrogens is 1. The van der Waals surface area contributed by atoms with Gasteiger partial charge in [-0.3, -0.25) is 9.59 Å². The van der Waals surface area contributed by atoms with Gasteiger partial charge >= 0.3 is 5.97 Å². The van der Waals surface area contributed by atoms with Gasteiger partial charge in [-0.15, -0.1) is 0 Å². The normalized spacial score (nSPS) is 13.9. The van der Waals surface area contributed by atoms with Crippen LogP contribution in [0, 0.1) is 0 Å². The quantitative estimate of drug-likeness (QED) is 0.783. The average Bonchev–Trinajstić information content (AvgIpc) is 2.84. The monoisotopic (exact) mass is 274 g/mol. The molecule has 0 unspecified atom stereocenters. The number of rotatable bonds is 5. The fourth-order valence-corrected chi connectivity index (χ4v) is 2.13. The van der Waals surface area contributed by atoms with E-state index in [-0.39, 0.29) is 12.3 Å². The predicted molar refractivity (Wildman–Crippen MR) is 76.7 cm³/mol. The van der Waals surface area contributed by atoms with Crippen molar-refractivity contribution in [2.24, 2.45) is 0 Å². The lowest BCUT2D eigenvalue weighted by Crippen LogP contribution is -2.47. The number of amides is 1. The van der Waals surface area contributed by atoms with Gasteiger partial charge in [0.05, 0.1) is 6.42 Å². The van der Waals surface area contributed by atoms with Crippen LogP contribution >= 0.6 is 0 Å². The molecule has 0 radical (unpaired) electrons. The van der Waals surface area contributed by atoms with Gasteiger partial charge in [0.1, 0.15) is 0 Å². The van der Waals surface area contributed by atoms with E-state index in [1.165, 1.54) is 0 Å². The van der Waals surface area contributed by atoms with Gasteiger partial charge in [-0.05, 0) is 36.9 Å². The van der Waals surface area contributed by atoms with E-state index in [1.54, 1.807) is 19.1 Å². The number of aromatic amines is 1. The minimum atomic E-state index is -0.922. The predicted octanol–water partition coefficient (Wildman–Crippen LogP) is 2.54. The number of fused-ring (bicyclic) bond motifs is 1. The molecule has 3 N–H and O–H groups in total. The smallest absolute Gasteiger partial charge is 0.305 e. The molecule has 0 saturated heterocycles. The second-order valence-corrected chi connectivity index (χ2v) is 5.22. The molecule has 0 fully saturated rings. The number of benzene rings is 1. The summed E-state index contributed by atoms with van der Waals surface area (Å²) in [5.41, 5.74) is 0.659. The molecule has 5 nitrogen and oxygen atoms in total. The number of hydrogen-bond acceptors (Lipinski definition) is 2. The van der Waals surface area contributed by atoms with E-state index in [0.29, 0.717) is 12.0 Å². The van der Waals surface area contributed by atoms with Crippen molar-refractivity contribution in [2.45, 2.75) is 32.2 Å². The Morgan fingerprint density at radius 3 is 2.75 bits per heavy atom. The van der Waals surface area contributed by atoms with Crippen molar-refractivity contribution in [3.63, 3.8) is 0 Å². The molecule has 0 aliphatic carbocycles. The van der Waals surface area contributed by atoms with Crippen LogP contribution < -0.4 is 5.32 Å². The topological polar surface area (TPSA) is 82.2 Å². The molecule has 2 rings (SSSR count). The summed E-state index contributed by atoms with van der Waals surface area (Å²) in [5.74, 6) is -1.18. The molecule has 0 saturated carbocycles. The van der Waals surface area contributed by atoms with Crippen LogP contribution in [0.2, 0.25) is 0 Å². The summed E-state index contributed by atoms with van der Waals surface area (Å²) in [7, 11) is 0. The summed E-state index contributed by atoms with van der Waals surface area (Å²) in [6.45, 7) is 3.60. The summed E-state index contributed by atoms with van der Waals surface area (Å²) in [5, 5.41) is 12.8. The lowest BCUT2D eigenvalue weighted by Gasteiger charge is -2.27. The molecule has 2 aromatic rings. The molecule has 1 atom stereocenters. The van der Waals surface area contributed by atoms with Crippen molar-refractivity contribution >= 4 is 22.8 Å². The molecule has 0 spiro atoms. The highest BCUT2D eigenvalue weighted by molar-refractivity contribution is 5.98. The first-order chi connectivity index (χ1) is 9.43. The number of carboxylic acids is 1. The SMILES string of the molecule is CC[C@](C)(CC(=O)O)NC(=O)c1ccc2cc[nH]c2c1. The van der Waals surface area contributed by atoms with Crippen LogP contribution in [-0.4, -0.2) is 27.5 Å². The van der Waals surface area contributed by atoms with E-state index in [1.807, 2.05) is 25.3 Å². The molecule has 20 heavy (non-hydrogen) atoms. The number of nitrogens with one attached hydrogen (secondary N) is 2. The van der Waals surface area contributed by atoms with Crippen molar-refractivity contribution < 1.29 is 14.7 Å². The van der Waals surface area contributed by atoms with E-state index in [0.717, 1.165) is 10.9 Å². The second kappa shape index (κ2) is 5.36. The Labute approximate surface area is 117 Å². The summed E-state index contributed by atoms with van der Waals surface area (Å²) in [6.07, 6.45) is 2.27. The molecule has 1 aromatic carbocycles. The number of aliphatic carboxylic acids is 1. The molecule has 0 bridgehead atoms. The number of hydrogen-bond donors (Lipinski definition) is 3. The van der Waals surface area contributed by atoms with Crippen LogP contribution in [0.4, 0.5) is 0 Å². The van der Waals surface area contributed by atoms with E-state index >= 15 is 0 Å². The Balaban J connectivity index is 2.19. The number of carboxylic acid groups (broad SMARTS) is 1. The molecule has 1 amide bonds. The molecule has 5 heteroatoms. The van der Waals surface area contributed by atoms with E-state index in [2.05, 4.69) is 10.3 Å². The third-order valence-corrected chi connectivity index (χ3v) is 3.55. The Bertz CT molecular complexity index is 647. The zero-order chi connectivity index (χ0) is 14.8. The maximum atomic E-state index is 12.2. The van der Waals surface area contributed by atoms with Gasteiger partial charge in [-0.25, -0.2) is 0 Å². The van der Waals surface area contributed by atoms with Gasteiger partial charge < -0.3 is 15.4 Å². The number of aromatic nitrogens is 1. The van der Waals surface area contributed by atoms with Crippen LogP contribution in [0.25, 0.3) is 10.9 Å². The average molecular weight is 274 g/mol. The summed E-state index contributed by atoms with van der Waals surface area (Å²) in [6, 6.07) is 7.29. The van der Waals surface area contributed by atoms with Gasteiger partial charge in [0.25, 0.3) is 5.91 Å². The van der Waals surface area contributed by atoms with Crippen molar-refractivity contribution in [2.75, 3.05) is 0 Å². The lowest BCUT2D eigenvalue weighted by atomic mass is 9.94. The first kappa shape index (κ1) is 14.1. The first-order valence-electron chi connectivity index (χ1n) is 6.55. The van der Waals surface area contributed by atoms with Crippen molar-refractivity contribution in [1.29, 1.82) is 0 Å². The van der Waals surface area contributed by atoms with Gasteiger partial charge in [0, 0.05) is 22.8 Å². The zero-order valence-corrected chi connectivity index (χ0v) is 11.6. The molecule has 1 aromatic heterocycles. The molecule has 0 aliphatic heterocycles. The molecule has 0 aliphatic rings. The number of carbonyl (C=O) groups excluding carboxylic acids is 1. The summed E-state index contributed by atoms with van der Waals surface area (Å²) < 4.78 is 0. The van der Waals surface area contributed by atoms with Gasteiger partial charge in [-0.1, -0.05) is 13.0 Å². The van der Waals surface area contributed by atoms with Crippen LogP contribution in [0.1, 0.15) is 37.0 Å². The first-order valence-corrected chi connectivity index (χ1v) is 6.55. The van der Waals surface area contributed by atoms with Gasteiger partial charge in [0.2, 0.25) is 0 Å². The highest BCUT2D eigenvalue weighted by Crippen LogP contribution is 2.18. The Morgan fingerprint density at radius 1 is 1.35 bits per heavy atom. The van der Waals surface area contributed by atoms with Crippen molar-refractivity contribution in [1.82, 2.24) is 10.3 Å². The van der Waals surface area contributed by atoms with E-state index in [4.69, 9.17) is 5.11 Å². The molecular formula is C15H18N2O3. The molecular weight excluding hydrogens is 256 g/mol.